The number of aliphatic hydroxyl groups excluding tert-OH is 1. The van der Waals surface area contributed by atoms with Gasteiger partial charge in [0.1, 0.15) is 6.54 Å². The summed E-state index contributed by atoms with van der Waals surface area (Å²) in [4.78, 5) is 1.62. The van der Waals surface area contributed by atoms with Gasteiger partial charge in [0.15, 0.2) is 0 Å². The summed E-state index contributed by atoms with van der Waals surface area (Å²) in [5, 5.41) is 10.9. The van der Waals surface area contributed by atoms with Gasteiger partial charge < -0.3 is 10.0 Å². The standard InChI is InChI=1S/C16H20N2O3S/c19-12-11-17-7-9-18(10-8-17)22(20,21)16-6-5-14-3-1-2-4-15(14)13-16/h1-6,13,19H,7-12H2/p+1. The maximum Gasteiger partial charge on any atom is 0.243 e. The van der Waals surface area contributed by atoms with E-state index >= 15 is 0 Å². The zero-order valence-corrected chi connectivity index (χ0v) is 13.2. The van der Waals surface area contributed by atoms with Crippen LogP contribution >= 0.6 is 0 Å². The van der Waals surface area contributed by atoms with Gasteiger partial charge in [-0.1, -0.05) is 30.3 Å². The number of nitrogens with zero attached hydrogens (tertiary/aromatic N) is 1. The summed E-state index contributed by atoms with van der Waals surface area (Å²) < 4.78 is 27.1. The van der Waals surface area contributed by atoms with Crippen molar-refractivity contribution < 1.29 is 18.4 Å². The van der Waals surface area contributed by atoms with Crippen molar-refractivity contribution in [2.75, 3.05) is 39.3 Å². The van der Waals surface area contributed by atoms with Crippen molar-refractivity contribution in [2.24, 2.45) is 0 Å². The molecule has 1 saturated heterocycles. The number of benzene rings is 2. The molecule has 0 amide bonds. The van der Waals surface area contributed by atoms with Gasteiger partial charge in [-0.25, -0.2) is 8.42 Å². The molecular formula is C16H21N2O3S+. The average Bonchev–Trinajstić information content (AvgIpc) is 2.55. The van der Waals surface area contributed by atoms with Crippen LogP contribution in [-0.4, -0.2) is 57.2 Å². The third-order valence-corrected chi connectivity index (χ3v) is 6.15. The predicted octanol–water partition coefficient (Wildman–Crippen LogP) is -0.279. The van der Waals surface area contributed by atoms with Crippen molar-refractivity contribution in [3.63, 3.8) is 0 Å². The van der Waals surface area contributed by atoms with E-state index in [0.717, 1.165) is 23.9 Å². The molecule has 2 N–H and O–H groups in total. The number of sulfonamides is 1. The second kappa shape index (κ2) is 6.34. The van der Waals surface area contributed by atoms with Gasteiger partial charge in [0.05, 0.1) is 37.7 Å². The monoisotopic (exact) mass is 321 g/mol. The van der Waals surface area contributed by atoms with Crippen LogP contribution in [0.15, 0.2) is 47.4 Å². The topological polar surface area (TPSA) is 62.0 Å². The van der Waals surface area contributed by atoms with Crippen LogP contribution < -0.4 is 4.90 Å². The van der Waals surface area contributed by atoms with Crippen molar-refractivity contribution in [3.8, 4) is 0 Å². The van der Waals surface area contributed by atoms with Crippen LogP contribution in [0.4, 0.5) is 0 Å². The van der Waals surface area contributed by atoms with Crippen molar-refractivity contribution in [3.05, 3.63) is 42.5 Å². The number of hydrogen-bond acceptors (Lipinski definition) is 3. The van der Waals surface area contributed by atoms with Crippen molar-refractivity contribution in [2.45, 2.75) is 4.90 Å². The van der Waals surface area contributed by atoms with Crippen molar-refractivity contribution >= 4 is 20.8 Å². The first-order chi connectivity index (χ1) is 10.6. The number of rotatable bonds is 4. The molecule has 3 rings (SSSR count). The minimum absolute atomic E-state index is 0.146. The molecular weight excluding hydrogens is 300 g/mol. The molecule has 1 aliphatic rings. The Labute approximate surface area is 130 Å². The Hall–Kier alpha value is -1.47. The first-order valence-electron chi connectivity index (χ1n) is 7.54. The molecule has 1 fully saturated rings. The highest BCUT2D eigenvalue weighted by molar-refractivity contribution is 7.89. The van der Waals surface area contributed by atoms with Gasteiger partial charge in [0.25, 0.3) is 0 Å². The highest BCUT2D eigenvalue weighted by Crippen LogP contribution is 2.21. The van der Waals surface area contributed by atoms with Crippen LogP contribution in [-0.2, 0) is 10.0 Å². The Morgan fingerprint density at radius 1 is 1.05 bits per heavy atom. The molecule has 1 aliphatic heterocycles. The van der Waals surface area contributed by atoms with E-state index < -0.39 is 10.0 Å². The van der Waals surface area contributed by atoms with E-state index in [-0.39, 0.29) is 6.61 Å². The molecule has 22 heavy (non-hydrogen) atoms. The largest absolute Gasteiger partial charge is 0.391 e. The third-order valence-electron chi connectivity index (χ3n) is 4.25. The minimum Gasteiger partial charge on any atom is -0.391 e. The van der Waals surface area contributed by atoms with Crippen molar-refractivity contribution in [1.29, 1.82) is 0 Å². The molecule has 2 aromatic rings. The Morgan fingerprint density at radius 3 is 2.41 bits per heavy atom. The van der Waals surface area contributed by atoms with E-state index in [0.29, 0.717) is 24.5 Å². The van der Waals surface area contributed by atoms with Gasteiger partial charge >= 0.3 is 0 Å². The number of aliphatic hydroxyl groups is 1. The summed E-state index contributed by atoms with van der Waals surface area (Å²) in [5.41, 5.74) is 0. The second-order valence-corrected chi connectivity index (χ2v) is 7.57. The van der Waals surface area contributed by atoms with Crippen LogP contribution in [0.1, 0.15) is 0 Å². The fourth-order valence-corrected chi connectivity index (χ4v) is 4.41. The van der Waals surface area contributed by atoms with Crippen LogP contribution in [0, 0.1) is 0 Å². The SMILES string of the molecule is O=S(=O)(c1ccc2ccccc2c1)N1CC[NH+](CCO)CC1. The quantitative estimate of drug-likeness (QED) is 0.814. The summed E-state index contributed by atoms with van der Waals surface area (Å²) in [7, 11) is -3.43. The zero-order chi connectivity index (χ0) is 15.6. The molecule has 1 heterocycles. The van der Waals surface area contributed by atoms with Gasteiger partial charge in [-0.2, -0.15) is 4.31 Å². The summed E-state index contributed by atoms with van der Waals surface area (Å²) in [6, 6.07) is 13.0. The summed E-state index contributed by atoms with van der Waals surface area (Å²) in [6.07, 6.45) is 0. The van der Waals surface area contributed by atoms with Gasteiger partial charge in [0, 0.05) is 0 Å². The molecule has 0 bridgehead atoms. The maximum absolute atomic E-state index is 12.8. The van der Waals surface area contributed by atoms with Gasteiger partial charge in [-0.15, -0.1) is 0 Å². The first kappa shape index (κ1) is 15.4. The number of piperazine rings is 1. The average molecular weight is 321 g/mol. The Bertz CT molecular complexity index is 753. The van der Waals surface area contributed by atoms with E-state index in [4.69, 9.17) is 5.11 Å². The Balaban J connectivity index is 1.82. The maximum atomic E-state index is 12.8. The smallest absolute Gasteiger partial charge is 0.243 e. The molecule has 2 aromatic carbocycles. The lowest BCUT2D eigenvalue weighted by molar-refractivity contribution is -0.904. The van der Waals surface area contributed by atoms with Crippen LogP contribution in [0.3, 0.4) is 0 Å². The van der Waals surface area contributed by atoms with Crippen LogP contribution in [0.25, 0.3) is 10.8 Å². The van der Waals surface area contributed by atoms with Crippen LogP contribution in [0.5, 0.6) is 0 Å². The molecule has 0 atom stereocenters. The molecule has 0 saturated carbocycles. The molecule has 6 heteroatoms. The number of hydrogen-bond donors (Lipinski definition) is 2. The highest BCUT2D eigenvalue weighted by atomic mass is 32.2. The Kier molecular flexibility index (Phi) is 4.44. The van der Waals surface area contributed by atoms with E-state index in [9.17, 15) is 8.42 Å². The van der Waals surface area contributed by atoms with Gasteiger partial charge in [0.2, 0.25) is 10.0 Å². The normalized spacial score (nSPS) is 17.9. The summed E-state index contributed by atoms with van der Waals surface area (Å²) in [5.74, 6) is 0. The lowest BCUT2D eigenvalue weighted by Gasteiger charge is -2.31. The fourth-order valence-electron chi connectivity index (χ4n) is 2.93. The van der Waals surface area contributed by atoms with E-state index in [1.165, 1.54) is 4.90 Å². The first-order valence-corrected chi connectivity index (χ1v) is 8.98. The van der Waals surface area contributed by atoms with E-state index in [1.54, 1.807) is 16.4 Å². The third kappa shape index (κ3) is 3.01. The molecule has 0 spiro atoms. The molecule has 0 unspecified atom stereocenters. The lowest BCUT2D eigenvalue weighted by Crippen LogP contribution is -3.15. The van der Waals surface area contributed by atoms with E-state index in [1.807, 2.05) is 30.3 Å². The predicted molar refractivity (Wildman–Crippen MR) is 85.4 cm³/mol. The highest BCUT2D eigenvalue weighted by Gasteiger charge is 2.30. The molecule has 0 aromatic heterocycles. The number of fused-ring (bicyclic) bond motifs is 1. The molecule has 0 radical (unpaired) electrons. The number of nitrogens with one attached hydrogen (secondary N) is 1. The van der Waals surface area contributed by atoms with Crippen LogP contribution in [0.2, 0.25) is 0 Å². The lowest BCUT2D eigenvalue weighted by atomic mass is 10.1. The second-order valence-electron chi connectivity index (χ2n) is 5.64. The summed E-state index contributed by atoms with van der Waals surface area (Å²) in [6.45, 7) is 3.33. The van der Waals surface area contributed by atoms with Crippen molar-refractivity contribution in [1.82, 2.24) is 4.31 Å². The van der Waals surface area contributed by atoms with Gasteiger partial charge in [-0.3, -0.25) is 0 Å². The van der Waals surface area contributed by atoms with Gasteiger partial charge in [-0.05, 0) is 22.9 Å². The fraction of sp³-hybridized carbons (Fsp3) is 0.375. The summed E-state index contributed by atoms with van der Waals surface area (Å²) >= 11 is 0. The zero-order valence-electron chi connectivity index (χ0n) is 12.4. The molecule has 118 valence electrons. The number of quaternary nitrogens is 1. The minimum atomic E-state index is -3.43. The molecule has 5 nitrogen and oxygen atoms in total. The Morgan fingerprint density at radius 2 is 1.73 bits per heavy atom. The molecule has 0 aliphatic carbocycles. The van der Waals surface area contributed by atoms with E-state index in [2.05, 4.69) is 0 Å².